The highest BCUT2D eigenvalue weighted by molar-refractivity contribution is 8.14. The molecule has 0 N–H and O–H groups in total. The lowest BCUT2D eigenvalue weighted by atomic mass is 9.93. The summed E-state index contributed by atoms with van der Waals surface area (Å²) in [5.74, 6) is -0.220. The maximum atomic E-state index is 14.6. The molecular formula is C21H22FN3O2S2. The molecule has 2 aromatic rings. The number of ketones is 1. The molecule has 2 unspecified atom stereocenters. The lowest BCUT2D eigenvalue weighted by Gasteiger charge is -2.38. The second-order valence-electron chi connectivity index (χ2n) is 7.51. The Balaban J connectivity index is 1.66. The summed E-state index contributed by atoms with van der Waals surface area (Å²) in [5, 5.41) is 6.04. The minimum Gasteiger partial charge on any atom is -0.297 e. The van der Waals surface area contributed by atoms with Crippen LogP contribution in [0.3, 0.4) is 0 Å². The molecule has 152 valence electrons. The molecule has 1 saturated heterocycles. The number of halogens is 1. The molecule has 2 fully saturated rings. The lowest BCUT2D eigenvalue weighted by Crippen LogP contribution is -2.43. The smallest absolute Gasteiger partial charge is 0.186 e. The number of nitrogens with zero attached hydrogens (tertiary/aromatic N) is 3. The van der Waals surface area contributed by atoms with Crippen LogP contribution in [0.4, 0.5) is 4.39 Å². The first-order valence-corrected chi connectivity index (χ1v) is 11.4. The van der Waals surface area contributed by atoms with E-state index in [-0.39, 0.29) is 27.9 Å². The Kier molecular flexibility index (Phi) is 6.22. The van der Waals surface area contributed by atoms with Gasteiger partial charge in [-0.25, -0.2) is 4.39 Å². The molecule has 2 aliphatic rings. The van der Waals surface area contributed by atoms with Gasteiger partial charge in [-0.3, -0.25) is 14.5 Å². The summed E-state index contributed by atoms with van der Waals surface area (Å²) in [7, 11) is 0. The average molecular weight is 432 g/mol. The normalized spacial score (nSPS) is 22.6. The Hall–Kier alpha value is -1.90. The zero-order valence-corrected chi connectivity index (χ0v) is 17.7. The number of benzene rings is 1. The van der Waals surface area contributed by atoms with Gasteiger partial charge in [-0.05, 0) is 48.5 Å². The molecule has 8 heteroatoms. The van der Waals surface area contributed by atoms with Gasteiger partial charge in [-0.2, -0.15) is 0 Å². The molecule has 5 nitrogen and oxygen atoms in total. The molecule has 1 aliphatic heterocycles. The van der Waals surface area contributed by atoms with Gasteiger partial charge in [0.05, 0.1) is 11.7 Å². The molecule has 1 aromatic carbocycles. The summed E-state index contributed by atoms with van der Waals surface area (Å²) < 4.78 is 18.5. The van der Waals surface area contributed by atoms with Crippen LogP contribution in [0, 0.1) is 11.7 Å². The van der Waals surface area contributed by atoms with Crippen LogP contribution in [0.25, 0.3) is 6.08 Å². The first kappa shape index (κ1) is 20.4. The van der Waals surface area contributed by atoms with Gasteiger partial charge in [0.2, 0.25) is 0 Å². The molecule has 1 aromatic heterocycles. The van der Waals surface area contributed by atoms with Gasteiger partial charge in [-0.1, -0.05) is 34.4 Å². The van der Waals surface area contributed by atoms with Crippen LogP contribution in [0.5, 0.6) is 0 Å². The highest BCUT2D eigenvalue weighted by Crippen LogP contribution is 2.40. The molecule has 2 atom stereocenters. The number of thioether (sulfide) groups is 1. The van der Waals surface area contributed by atoms with Crippen molar-refractivity contribution in [3.05, 3.63) is 52.3 Å². The number of hydrogen-bond acceptors (Lipinski definition) is 7. The summed E-state index contributed by atoms with van der Waals surface area (Å²) >= 11 is 2.58. The van der Waals surface area contributed by atoms with Crippen LogP contribution in [-0.4, -0.2) is 43.7 Å². The van der Waals surface area contributed by atoms with Crippen LogP contribution in [0.1, 0.15) is 43.5 Å². The van der Waals surface area contributed by atoms with E-state index < -0.39 is 6.04 Å². The van der Waals surface area contributed by atoms with Crippen LogP contribution >= 0.6 is 23.3 Å². The second kappa shape index (κ2) is 8.85. The van der Waals surface area contributed by atoms with Crippen molar-refractivity contribution in [3.8, 4) is 0 Å². The van der Waals surface area contributed by atoms with Crippen molar-refractivity contribution < 1.29 is 14.0 Å². The molecule has 0 amide bonds. The first-order valence-electron chi connectivity index (χ1n) is 9.70. The summed E-state index contributed by atoms with van der Waals surface area (Å²) in [6.45, 7) is 2.70. The van der Waals surface area contributed by atoms with Crippen molar-refractivity contribution in [3.63, 3.8) is 0 Å². The molecule has 0 radical (unpaired) electrons. The van der Waals surface area contributed by atoms with E-state index >= 15 is 0 Å². The largest absolute Gasteiger partial charge is 0.297 e. The third-order valence-electron chi connectivity index (χ3n) is 5.31. The minimum absolute atomic E-state index is 0.0269. The third-order valence-corrected chi connectivity index (χ3v) is 6.99. The van der Waals surface area contributed by atoms with E-state index in [2.05, 4.69) is 14.5 Å². The van der Waals surface area contributed by atoms with Gasteiger partial charge in [-0.15, -0.1) is 5.10 Å². The Morgan fingerprint density at radius 2 is 2.10 bits per heavy atom. The SMILES string of the molecule is CC(=O)SC1CCN(C(C(=O)C2CC2)c2ccccc2F)C/C1=C/c1csnn1. The van der Waals surface area contributed by atoms with Crippen LogP contribution < -0.4 is 0 Å². The molecule has 0 bridgehead atoms. The summed E-state index contributed by atoms with van der Waals surface area (Å²) in [4.78, 5) is 26.9. The fourth-order valence-corrected chi connectivity index (χ4v) is 5.15. The van der Waals surface area contributed by atoms with Crippen LogP contribution in [0.2, 0.25) is 0 Å². The van der Waals surface area contributed by atoms with Crippen LogP contribution in [0.15, 0.2) is 35.2 Å². The van der Waals surface area contributed by atoms with E-state index in [9.17, 15) is 14.0 Å². The minimum atomic E-state index is -0.594. The monoisotopic (exact) mass is 431 g/mol. The quantitative estimate of drug-likeness (QED) is 0.685. The van der Waals surface area contributed by atoms with E-state index in [0.717, 1.165) is 30.5 Å². The molecule has 1 saturated carbocycles. The molecule has 4 rings (SSSR count). The van der Waals surface area contributed by atoms with Gasteiger partial charge >= 0.3 is 0 Å². The Morgan fingerprint density at radius 1 is 1.31 bits per heavy atom. The second-order valence-corrected chi connectivity index (χ2v) is 9.50. The summed E-state index contributed by atoms with van der Waals surface area (Å²) in [6.07, 6.45) is 4.44. The lowest BCUT2D eigenvalue weighted by molar-refractivity contribution is -0.126. The Bertz CT molecular complexity index is 928. The zero-order chi connectivity index (χ0) is 20.4. The number of rotatable bonds is 6. The highest BCUT2D eigenvalue weighted by atomic mass is 32.2. The van der Waals surface area contributed by atoms with Crippen molar-refractivity contribution in [2.75, 3.05) is 13.1 Å². The topological polar surface area (TPSA) is 63.2 Å². The van der Waals surface area contributed by atoms with Crippen molar-refractivity contribution in [2.24, 2.45) is 5.92 Å². The predicted molar refractivity (Wildman–Crippen MR) is 113 cm³/mol. The van der Waals surface area contributed by atoms with Gasteiger partial charge in [0.25, 0.3) is 0 Å². The number of carbonyl (C=O) groups excluding carboxylic acids is 2. The van der Waals surface area contributed by atoms with Crippen molar-refractivity contribution >= 4 is 40.3 Å². The highest BCUT2D eigenvalue weighted by Gasteiger charge is 2.41. The van der Waals surface area contributed by atoms with E-state index in [1.807, 2.05) is 11.5 Å². The zero-order valence-electron chi connectivity index (χ0n) is 16.1. The van der Waals surface area contributed by atoms with E-state index in [0.29, 0.717) is 18.7 Å². The maximum Gasteiger partial charge on any atom is 0.186 e. The van der Waals surface area contributed by atoms with Gasteiger partial charge in [0, 0.05) is 42.1 Å². The Morgan fingerprint density at radius 3 is 2.76 bits per heavy atom. The number of hydrogen-bond donors (Lipinski definition) is 0. The van der Waals surface area contributed by atoms with Gasteiger partial charge in [0.15, 0.2) is 10.9 Å². The molecular weight excluding hydrogens is 409 g/mol. The van der Waals surface area contributed by atoms with Crippen molar-refractivity contribution in [1.82, 2.24) is 14.5 Å². The van der Waals surface area contributed by atoms with Crippen LogP contribution in [-0.2, 0) is 9.59 Å². The number of aromatic nitrogens is 2. The predicted octanol–water partition coefficient (Wildman–Crippen LogP) is 4.14. The van der Waals surface area contributed by atoms with Crippen molar-refractivity contribution in [1.29, 1.82) is 0 Å². The van der Waals surface area contributed by atoms with Gasteiger partial charge < -0.3 is 0 Å². The summed E-state index contributed by atoms with van der Waals surface area (Å²) in [5.41, 5.74) is 2.21. The Labute approximate surface area is 177 Å². The molecule has 2 heterocycles. The van der Waals surface area contributed by atoms with E-state index in [4.69, 9.17) is 0 Å². The number of carbonyl (C=O) groups is 2. The number of likely N-dealkylation sites (tertiary alicyclic amines) is 1. The summed E-state index contributed by atoms with van der Waals surface area (Å²) in [6, 6.07) is 5.96. The molecule has 0 spiro atoms. The van der Waals surface area contributed by atoms with E-state index in [1.54, 1.807) is 25.1 Å². The first-order chi connectivity index (χ1) is 14.0. The number of Topliss-reactive ketones (excluding diaryl/α,β-unsaturated/α-hetero) is 1. The van der Waals surface area contributed by atoms with Crippen molar-refractivity contribution in [2.45, 2.75) is 37.5 Å². The molecule has 1 aliphatic carbocycles. The van der Waals surface area contributed by atoms with E-state index in [1.165, 1.54) is 29.4 Å². The number of piperidine rings is 1. The maximum absolute atomic E-state index is 14.6. The molecule has 29 heavy (non-hydrogen) atoms. The van der Waals surface area contributed by atoms with Gasteiger partial charge in [0.1, 0.15) is 5.82 Å². The fraction of sp³-hybridized carbons (Fsp3) is 0.429. The average Bonchev–Trinajstić information content (AvgIpc) is 3.42. The standard InChI is InChI=1S/C21H22FN3O2S2/c1-13(26)29-19-8-9-25(11-15(19)10-16-12-28-24-23-16)20(21(27)14-6-7-14)17-4-2-3-5-18(17)22/h2-5,10,12,14,19-20H,6-9,11H2,1H3/b15-10-. The fourth-order valence-electron chi connectivity index (χ4n) is 3.82. The third kappa shape index (κ3) is 4.82.